The van der Waals surface area contributed by atoms with Crippen molar-refractivity contribution in [1.82, 2.24) is 0 Å². The van der Waals surface area contributed by atoms with Crippen molar-refractivity contribution in [2.75, 3.05) is 0 Å². The monoisotopic (exact) mass is 230 g/mol. The third-order valence-corrected chi connectivity index (χ3v) is 4.56. The third-order valence-electron chi connectivity index (χ3n) is 4.56. The molecule has 0 rings (SSSR count). The maximum atomic E-state index is 10.8. The van der Waals surface area contributed by atoms with Crippen molar-refractivity contribution in [2.24, 2.45) is 5.41 Å². The highest BCUT2D eigenvalue weighted by Crippen LogP contribution is 2.46. The van der Waals surface area contributed by atoms with Gasteiger partial charge in [-0.25, -0.2) is 0 Å². The molecule has 2 nitrogen and oxygen atoms in total. The zero-order valence-corrected chi connectivity index (χ0v) is 11.7. The van der Waals surface area contributed by atoms with Crippen LogP contribution in [0.25, 0.3) is 0 Å². The Bertz CT molecular complexity index is 181. The van der Waals surface area contributed by atoms with E-state index in [-0.39, 0.29) is 5.41 Å². The molecule has 2 N–H and O–H groups in total. The standard InChI is InChI=1S/C14H30O2/c1-6-11-12(15)13(7-2,8-3)14(16,9-4)10-5/h12,15-16H,6-11H2,1-5H3. The Labute approximate surface area is 101 Å². The summed E-state index contributed by atoms with van der Waals surface area (Å²) in [6.07, 6.45) is 4.46. The minimum atomic E-state index is -0.731. The van der Waals surface area contributed by atoms with Gasteiger partial charge < -0.3 is 10.2 Å². The Hall–Kier alpha value is -0.0800. The summed E-state index contributed by atoms with van der Waals surface area (Å²) < 4.78 is 0. The lowest BCUT2D eigenvalue weighted by atomic mass is 9.61. The topological polar surface area (TPSA) is 40.5 Å². The molecule has 0 saturated heterocycles. The molecule has 1 unspecified atom stereocenters. The second kappa shape index (κ2) is 6.61. The van der Waals surface area contributed by atoms with Crippen LogP contribution in [0.2, 0.25) is 0 Å². The summed E-state index contributed by atoms with van der Waals surface area (Å²) >= 11 is 0. The van der Waals surface area contributed by atoms with Gasteiger partial charge in [0.25, 0.3) is 0 Å². The van der Waals surface area contributed by atoms with Gasteiger partial charge in [-0.1, -0.05) is 41.0 Å². The van der Waals surface area contributed by atoms with Crippen molar-refractivity contribution in [2.45, 2.75) is 84.8 Å². The number of hydrogen-bond acceptors (Lipinski definition) is 2. The van der Waals surface area contributed by atoms with Crippen molar-refractivity contribution in [3.05, 3.63) is 0 Å². The molecule has 1 atom stereocenters. The fourth-order valence-corrected chi connectivity index (χ4v) is 3.19. The van der Waals surface area contributed by atoms with Crippen LogP contribution in [0.1, 0.15) is 73.1 Å². The van der Waals surface area contributed by atoms with E-state index < -0.39 is 11.7 Å². The van der Waals surface area contributed by atoms with Crippen LogP contribution in [0.3, 0.4) is 0 Å². The van der Waals surface area contributed by atoms with Gasteiger partial charge in [-0.15, -0.1) is 0 Å². The average molecular weight is 230 g/mol. The normalized spacial score (nSPS) is 15.2. The van der Waals surface area contributed by atoms with E-state index in [4.69, 9.17) is 0 Å². The highest BCUT2D eigenvalue weighted by atomic mass is 16.3. The first-order chi connectivity index (χ1) is 7.47. The van der Waals surface area contributed by atoms with Crippen LogP contribution in [0.15, 0.2) is 0 Å². The largest absolute Gasteiger partial charge is 0.392 e. The summed E-state index contributed by atoms with van der Waals surface area (Å²) in [7, 11) is 0. The van der Waals surface area contributed by atoms with E-state index in [2.05, 4.69) is 20.8 Å². The molecular formula is C14H30O2. The minimum absolute atomic E-state index is 0.341. The predicted molar refractivity (Wildman–Crippen MR) is 69.5 cm³/mol. The number of aliphatic hydroxyl groups is 2. The van der Waals surface area contributed by atoms with Crippen LogP contribution in [-0.4, -0.2) is 21.9 Å². The molecule has 0 aromatic rings. The smallest absolute Gasteiger partial charge is 0.0723 e. The van der Waals surface area contributed by atoms with Gasteiger partial charge in [0, 0.05) is 5.41 Å². The summed E-state index contributed by atoms with van der Waals surface area (Å²) in [5, 5.41) is 21.2. The number of rotatable bonds is 8. The molecule has 0 amide bonds. The zero-order chi connectivity index (χ0) is 12.8. The molecule has 98 valence electrons. The fourth-order valence-electron chi connectivity index (χ4n) is 3.19. The lowest BCUT2D eigenvalue weighted by molar-refractivity contribution is -0.155. The molecule has 0 aromatic heterocycles. The summed E-state index contributed by atoms with van der Waals surface area (Å²) in [6, 6.07) is 0. The molecule has 0 bridgehead atoms. The number of hydrogen-bond donors (Lipinski definition) is 2. The lowest BCUT2D eigenvalue weighted by Crippen LogP contribution is -2.54. The Balaban J connectivity index is 5.21. The molecule has 0 saturated carbocycles. The predicted octanol–water partition coefficient (Wildman–Crippen LogP) is 3.50. The summed E-state index contributed by atoms with van der Waals surface area (Å²) in [5.41, 5.74) is -1.07. The maximum Gasteiger partial charge on any atom is 0.0723 e. The lowest BCUT2D eigenvalue weighted by Gasteiger charge is -2.49. The van der Waals surface area contributed by atoms with Gasteiger partial charge in [-0.3, -0.25) is 0 Å². The van der Waals surface area contributed by atoms with Gasteiger partial charge in [0.2, 0.25) is 0 Å². The Morgan fingerprint density at radius 2 is 1.31 bits per heavy atom. The van der Waals surface area contributed by atoms with Gasteiger partial charge in [0.1, 0.15) is 0 Å². The molecule has 0 spiro atoms. The first-order valence-corrected chi connectivity index (χ1v) is 6.88. The van der Waals surface area contributed by atoms with Crippen molar-refractivity contribution >= 4 is 0 Å². The summed E-state index contributed by atoms with van der Waals surface area (Å²) in [5.74, 6) is 0. The quantitative estimate of drug-likeness (QED) is 0.670. The van der Waals surface area contributed by atoms with Crippen LogP contribution in [0, 0.1) is 5.41 Å². The van der Waals surface area contributed by atoms with Crippen molar-refractivity contribution in [3.63, 3.8) is 0 Å². The molecule has 0 heterocycles. The van der Waals surface area contributed by atoms with Crippen LogP contribution in [-0.2, 0) is 0 Å². The second-order valence-corrected chi connectivity index (χ2v) is 4.91. The van der Waals surface area contributed by atoms with Gasteiger partial charge in [-0.2, -0.15) is 0 Å². The van der Waals surface area contributed by atoms with Crippen molar-refractivity contribution in [1.29, 1.82) is 0 Å². The van der Waals surface area contributed by atoms with E-state index in [1.807, 2.05) is 13.8 Å². The molecule has 0 aliphatic rings. The summed E-state index contributed by atoms with van der Waals surface area (Å²) in [4.78, 5) is 0. The molecule has 0 aliphatic heterocycles. The van der Waals surface area contributed by atoms with E-state index in [1.54, 1.807) is 0 Å². The van der Waals surface area contributed by atoms with Crippen molar-refractivity contribution in [3.8, 4) is 0 Å². The zero-order valence-electron chi connectivity index (χ0n) is 11.7. The first-order valence-electron chi connectivity index (χ1n) is 6.88. The molecule has 0 aromatic carbocycles. The third kappa shape index (κ3) is 2.60. The molecular weight excluding hydrogens is 200 g/mol. The molecule has 0 fully saturated rings. The SMILES string of the molecule is CCCC(O)C(CC)(CC)C(O)(CC)CC. The Morgan fingerprint density at radius 3 is 1.56 bits per heavy atom. The van der Waals surface area contributed by atoms with Gasteiger partial charge in [0.15, 0.2) is 0 Å². The van der Waals surface area contributed by atoms with Crippen LogP contribution >= 0.6 is 0 Å². The Morgan fingerprint density at radius 1 is 0.875 bits per heavy atom. The molecule has 0 aliphatic carbocycles. The van der Waals surface area contributed by atoms with Gasteiger partial charge >= 0.3 is 0 Å². The average Bonchev–Trinajstić information content (AvgIpc) is 2.31. The van der Waals surface area contributed by atoms with E-state index in [0.29, 0.717) is 12.8 Å². The first kappa shape index (κ1) is 15.9. The fraction of sp³-hybridized carbons (Fsp3) is 1.00. The number of aliphatic hydroxyl groups excluding tert-OH is 1. The molecule has 16 heavy (non-hydrogen) atoms. The van der Waals surface area contributed by atoms with E-state index in [1.165, 1.54) is 0 Å². The highest BCUT2D eigenvalue weighted by Gasteiger charge is 2.49. The van der Waals surface area contributed by atoms with Gasteiger partial charge in [0.05, 0.1) is 11.7 Å². The van der Waals surface area contributed by atoms with E-state index in [9.17, 15) is 10.2 Å². The Kier molecular flexibility index (Phi) is 6.57. The van der Waals surface area contributed by atoms with Gasteiger partial charge in [-0.05, 0) is 32.1 Å². The molecule has 2 heteroatoms. The minimum Gasteiger partial charge on any atom is -0.392 e. The maximum absolute atomic E-state index is 10.8. The highest BCUT2D eigenvalue weighted by molar-refractivity contribution is 5.00. The van der Waals surface area contributed by atoms with E-state index >= 15 is 0 Å². The van der Waals surface area contributed by atoms with Crippen LogP contribution in [0.5, 0.6) is 0 Å². The second-order valence-electron chi connectivity index (χ2n) is 4.91. The molecule has 0 radical (unpaired) electrons. The van der Waals surface area contributed by atoms with E-state index in [0.717, 1.165) is 25.7 Å². The van der Waals surface area contributed by atoms with Crippen LogP contribution in [0.4, 0.5) is 0 Å². The summed E-state index contributed by atoms with van der Waals surface area (Å²) in [6.45, 7) is 10.3. The van der Waals surface area contributed by atoms with Crippen molar-refractivity contribution < 1.29 is 10.2 Å². The van der Waals surface area contributed by atoms with Crippen LogP contribution < -0.4 is 0 Å².